The quantitative estimate of drug-likeness (QED) is 0.623. The van der Waals surface area contributed by atoms with E-state index in [2.05, 4.69) is 32.4 Å². The highest BCUT2D eigenvalue weighted by Crippen LogP contribution is 2.20. The van der Waals surface area contributed by atoms with Crippen LogP contribution in [0.4, 0.5) is 0 Å². The molecule has 0 spiro atoms. The summed E-state index contributed by atoms with van der Waals surface area (Å²) in [5, 5.41) is 0. The second kappa shape index (κ2) is 10.3. The van der Waals surface area contributed by atoms with Crippen LogP contribution in [0, 0.1) is 0 Å². The molecule has 0 aromatic rings. The Balaban J connectivity index is 0. The second-order valence-electron chi connectivity index (χ2n) is 4.01. The van der Waals surface area contributed by atoms with Gasteiger partial charge in [0.1, 0.15) is 0 Å². The van der Waals surface area contributed by atoms with Crippen LogP contribution in [0.1, 0.15) is 25.7 Å². The molecule has 0 saturated heterocycles. The molecule has 0 bridgehead atoms. The third-order valence-corrected chi connectivity index (χ3v) is 2.35. The summed E-state index contributed by atoms with van der Waals surface area (Å²) in [5.41, 5.74) is 7.17. The normalized spacial score (nSPS) is 9.71. The van der Waals surface area contributed by atoms with Gasteiger partial charge < -0.3 is 5.73 Å². The van der Waals surface area contributed by atoms with E-state index in [1.54, 1.807) is 0 Å². The molecule has 0 radical (unpaired) electrons. The van der Waals surface area contributed by atoms with Crippen LogP contribution in [0.3, 0.4) is 0 Å². The predicted octanol–water partition coefficient (Wildman–Crippen LogP) is 4.49. The zero-order valence-electron chi connectivity index (χ0n) is 10.5. The number of rotatable bonds is 9. The van der Waals surface area contributed by atoms with Gasteiger partial charge in [0.05, 0.1) is 0 Å². The Hall–Kier alpha value is -0.860. The van der Waals surface area contributed by atoms with Crippen LogP contribution in [0.25, 0.3) is 0 Å². The van der Waals surface area contributed by atoms with E-state index in [0.29, 0.717) is 0 Å². The van der Waals surface area contributed by atoms with Gasteiger partial charge in [0.2, 0.25) is 0 Å². The summed E-state index contributed by atoms with van der Waals surface area (Å²) >= 11 is 0. The number of hydrogen-bond donors (Lipinski definition) is 1. The van der Waals surface area contributed by atoms with Gasteiger partial charge in [0, 0.05) is 5.54 Å². The fraction of sp³-hybridized carbons (Fsp3) is 0.333. The largest absolute Gasteiger partial charge is 0.321 e. The van der Waals surface area contributed by atoms with E-state index in [9.17, 15) is 0 Å². The van der Waals surface area contributed by atoms with E-state index in [1.165, 1.54) is 5.57 Å². The zero-order valence-corrected chi connectivity index (χ0v) is 12.2. The van der Waals surface area contributed by atoms with E-state index in [0.717, 1.165) is 25.7 Å². The van der Waals surface area contributed by atoms with Crippen molar-refractivity contribution in [3.8, 4) is 0 Å². The Morgan fingerprint density at radius 1 is 0.882 bits per heavy atom. The standard InChI is InChI=1S/C15H23N.BrH/c1-5-9-14(10-6-2)13-15(16,11-7-3)12-8-4;/h5-8,13H,1-4,9-12,16H2;1H. The van der Waals surface area contributed by atoms with Crippen molar-refractivity contribution in [1.82, 2.24) is 0 Å². The predicted molar refractivity (Wildman–Crippen MR) is 84.6 cm³/mol. The van der Waals surface area contributed by atoms with Crippen LogP contribution in [-0.2, 0) is 0 Å². The molecular weight excluding hydrogens is 274 g/mol. The van der Waals surface area contributed by atoms with Gasteiger partial charge in [0.15, 0.2) is 0 Å². The highest BCUT2D eigenvalue weighted by molar-refractivity contribution is 8.93. The molecule has 0 rings (SSSR count). The third kappa shape index (κ3) is 7.94. The topological polar surface area (TPSA) is 26.0 Å². The third-order valence-electron chi connectivity index (χ3n) is 2.35. The van der Waals surface area contributed by atoms with Crippen LogP contribution in [0.15, 0.2) is 62.3 Å². The lowest BCUT2D eigenvalue weighted by Crippen LogP contribution is -2.36. The Bertz CT molecular complexity index is 267. The van der Waals surface area contributed by atoms with Crippen molar-refractivity contribution >= 4 is 17.0 Å². The highest BCUT2D eigenvalue weighted by Gasteiger charge is 2.18. The summed E-state index contributed by atoms with van der Waals surface area (Å²) < 4.78 is 0. The first-order valence-corrected chi connectivity index (χ1v) is 5.55. The summed E-state index contributed by atoms with van der Waals surface area (Å²) in [4.78, 5) is 0. The van der Waals surface area contributed by atoms with E-state index < -0.39 is 0 Å². The van der Waals surface area contributed by atoms with Crippen LogP contribution in [-0.4, -0.2) is 5.54 Å². The van der Waals surface area contributed by atoms with Crippen LogP contribution in [0.5, 0.6) is 0 Å². The summed E-state index contributed by atoms with van der Waals surface area (Å²) in [5.74, 6) is 0. The maximum Gasteiger partial charge on any atom is 0.0411 e. The Kier molecular flexibility index (Phi) is 11.2. The molecule has 0 amide bonds. The van der Waals surface area contributed by atoms with Crippen molar-refractivity contribution < 1.29 is 0 Å². The molecule has 0 aliphatic rings. The molecule has 96 valence electrons. The van der Waals surface area contributed by atoms with Gasteiger partial charge in [-0.1, -0.05) is 36.0 Å². The Labute approximate surface area is 116 Å². The minimum atomic E-state index is -0.370. The number of allylic oxidation sites excluding steroid dienone is 3. The Morgan fingerprint density at radius 3 is 1.59 bits per heavy atom. The first-order chi connectivity index (χ1) is 7.61. The van der Waals surface area contributed by atoms with E-state index in [1.807, 2.05) is 24.3 Å². The van der Waals surface area contributed by atoms with Crippen molar-refractivity contribution in [2.75, 3.05) is 0 Å². The van der Waals surface area contributed by atoms with Crippen molar-refractivity contribution in [2.24, 2.45) is 5.73 Å². The van der Waals surface area contributed by atoms with Gasteiger partial charge in [-0.15, -0.1) is 43.3 Å². The maximum absolute atomic E-state index is 6.29. The average molecular weight is 298 g/mol. The molecule has 0 unspecified atom stereocenters. The van der Waals surface area contributed by atoms with Crippen LogP contribution >= 0.6 is 17.0 Å². The van der Waals surface area contributed by atoms with Gasteiger partial charge in [-0.2, -0.15) is 0 Å². The average Bonchev–Trinajstić information content (AvgIpc) is 2.18. The van der Waals surface area contributed by atoms with Gasteiger partial charge in [-0.05, 0) is 25.7 Å². The number of halogens is 1. The lowest BCUT2D eigenvalue weighted by molar-refractivity contribution is 0.538. The molecule has 0 fully saturated rings. The molecule has 17 heavy (non-hydrogen) atoms. The molecule has 0 atom stereocenters. The zero-order chi connectivity index (χ0) is 12.4. The SMILES string of the molecule is Br.C=CCC(=CC(N)(CC=C)CC=C)CC=C. The molecule has 0 heterocycles. The maximum atomic E-state index is 6.29. The summed E-state index contributed by atoms with van der Waals surface area (Å²) in [6.07, 6.45) is 12.8. The molecule has 0 saturated carbocycles. The van der Waals surface area contributed by atoms with Gasteiger partial charge in [-0.3, -0.25) is 0 Å². The van der Waals surface area contributed by atoms with Crippen molar-refractivity contribution in [1.29, 1.82) is 0 Å². The molecule has 1 nitrogen and oxygen atoms in total. The number of hydrogen-bond acceptors (Lipinski definition) is 1. The Morgan fingerprint density at radius 2 is 1.29 bits per heavy atom. The van der Waals surface area contributed by atoms with Gasteiger partial charge in [0.25, 0.3) is 0 Å². The monoisotopic (exact) mass is 297 g/mol. The summed E-state index contributed by atoms with van der Waals surface area (Å²) in [6.45, 7) is 15.0. The van der Waals surface area contributed by atoms with Crippen molar-refractivity contribution in [3.05, 3.63) is 62.3 Å². The lowest BCUT2D eigenvalue weighted by atomic mass is 9.88. The molecular formula is C15H24BrN. The van der Waals surface area contributed by atoms with E-state index >= 15 is 0 Å². The van der Waals surface area contributed by atoms with Gasteiger partial charge in [-0.25, -0.2) is 0 Å². The molecule has 0 aromatic carbocycles. The van der Waals surface area contributed by atoms with E-state index in [4.69, 9.17) is 5.73 Å². The molecule has 0 aromatic heterocycles. The van der Waals surface area contributed by atoms with Gasteiger partial charge >= 0.3 is 0 Å². The lowest BCUT2D eigenvalue weighted by Gasteiger charge is -2.24. The smallest absolute Gasteiger partial charge is 0.0411 e. The fourth-order valence-corrected chi connectivity index (χ4v) is 1.72. The summed E-state index contributed by atoms with van der Waals surface area (Å²) in [6, 6.07) is 0. The first kappa shape index (κ1) is 18.5. The first-order valence-electron chi connectivity index (χ1n) is 5.55. The minimum absolute atomic E-state index is 0. The summed E-state index contributed by atoms with van der Waals surface area (Å²) in [7, 11) is 0. The van der Waals surface area contributed by atoms with Crippen LogP contribution in [0.2, 0.25) is 0 Å². The molecule has 2 heteroatoms. The van der Waals surface area contributed by atoms with Crippen molar-refractivity contribution in [3.63, 3.8) is 0 Å². The highest BCUT2D eigenvalue weighted by atomic mass is 79.9. The molecule has 0 aliphatic carbocycles. The molecule has 0 aliphatic heterocycles. The minimum Gasteiger partial charge on any atom is -0.321 e. The second-order valence-corrected chi connectivity index (χ2v) is 4.01. The van der Waals surface area contributed by atoms with Crippen LogP contribution < -0.4 is 5.73 Å². The number of nitrogens with two attached hydrogens (primary N) is 1. The van der Waals surface area contributed by atoms with E-state index in [-0.39, 0.29) is 22.5 Å². The molecule has 2 N–H and O–H groups in total. The fourth-order valence-electron chi connectivity index (χ4n) is 1.72. The van der Waals surface area contributed by atoms with Crippen molar-refractivity contribution in [2.45, 2.75) is 31.2 Å².